The maximum Gasteiger partial charge on any atom is 0.306 e. The van der Waals surface area contributed by atoms with Gasteiger partial charge >= 0.3 is 5.97 Å². The minimum absolute atomic E-state index is 0.0477. The zero-order chi connectivity index (χ0) is 12.7. The number of carbonyl (C=O) groups is 2. The number of methoxy groups -OCH3 is 2. The minimum atomic E-state index is -0.419. The number of ether oxygens (including phenoxy) is 2. The largest absolute Gasteiger partial charge is 0.469 e. The van der Waals surface area contributed by atoms with Gasteiger partial charge in [0.2, 0.25) is 11.0 Å². The quantitative estimate of drug-likeness (QED) is 0.751. The number of nitrogens with zero attached hydrogens (tertiary/aromatic N) is 2. The van der Waals surface area contributed by atoms with E-state index in [1.54, 1.807) is 7.11 Å². The molecule has 0 atom stereocenters. The topological polar surface area (TPSA) is 90.4 Å². The second kappa shape index (κ2) is 6.92. The Kier molecular flexibility index (Phi) is 5.50. The van der Waals surface area contributed by atoms with E-state index in [0.717, 1.165) is 0 Å². The first-order valence-corrected chi connectivity index (χ1v) is 5.65. The first kappa shape index (κ1) is 13.5. The Balaban J connectivity index is 2.36. The molecule has 1 N–H and O–H groups in total. The van der Waals surface area contributed by atoms with Gasteiger partial charge in [0, 0.05) is 13.5 Å². The normalized spacial score (nSPS) is 10.0. The van der Waals surface area contributed by atoms with Gasteiger partial charge in [-0.3, -0.25) is 9.59 Å². The molecule has 1 heterocycles. The Morgan fingerprint density at radius 3 is 2.71 bits per heavy atom. The van der Waals surface area contributed by atoms with Crippen LogP contribution < -0.4 is 5.32 Å². The summed E-state index contributed by atoms with van der Waals surface area (Å²) >= 11 is 1.23. The van der Waals surface area contributed by atoms with Gasteiger partial charge in [-0.15, -0.1) is 10.2 Å². The third-order valence-electron chi connectivity index (χ3n) is 1.76. The highest BCUT2D eigenvalue weighted by molar-refractivity contribution is 7.15. The number of rotatable bonds is 6. The average molecular weight is 259 g/mol. The summed E-state index contributed by atoms with van der Waals surface area (Å²) in [7, 11) is 2.83. The molecule has 0 unspecified atom stereocenters. The molecule has 0 aliphatic carbocycles. The van der Waals surface area contributed by atoms with Gasteiger partial charge in [-0.1, -0.05) is 11.3 Å². The van der Waals surface area contributed by atoms with Crippen molar-refractivity contribution < 1.29 is 19.1 Å². The summed E-state index contributed by atoms with van der Waals surface area (Å²) in [6.45, 7) is 0.357. The lowest BCUT2D eigenvalue weighted by Crippen LogP contribution is -2.13. The molecule has 0 radical (unpaired) electrons. The van der Waals surface area contributed by atoms with E-state index < -0.39 is 5.97 Å². The van der Waals surface area contributed by atoms with Crippen LogP contribution in [-0.2, 0) is 25.7 Å². The predicted octanol–water partition coefficient (Wildman–Crippen LogP) is 0.576. The Bertz CT molecular complexity index is 393. The average Bonchev–Trinajstić information content (AvgIpc) is 2.74. The lowest BCUT2D eigenvalue weighted by molar-refractivity contribution is -0.141. The maximum absolute atomic E-state index is 11.4. The van der Waals surface area contributed by atoms with E-state index in [4.69, 9.17) is 4.74 Å². The van der Waals surface area contributed by atoms with Crippen LogP contribution in [0.25, 0.3) is 0 Å². The van der Waals surface area contributed by atoms with E-state index in [0.29, 0.717) is 16.7 Å². The lowest BCUT2D eigenvalue weighted by atomic mass is 10.3. The monoisotopic (exact) mass is 259 g/mol. The molecule has 0 fully saturated rings. The molecule has 7 nitrogen and oxygen atoms in total. The van der Waals surface area contributed by atoms with Gasteiger partial charge < -0.3 is 14.8 Å². The minimum Gasteiger partial charge on any atom is -0.469 e. The van der Waals surface area contributed by atoms with Crippen molar-refractivity contribution >= 4 is 28.3 Å². The Morgan fingerprint density at radius 2 is 2.06 bits per heavy atom. The van der Waals surface area contributed by atoms with Gasteiger partial charge in [0.05, 0.1) is 13.5 Å². The smallest absolute Gasteiger partial charge is 0.306 e. The predicted molar refractivity (Wildman–Crippen MR) is 60.5 cm³/mol. The molecule has 1 rings (SSSR count). The Morgan fingerprint density at radius 1 is 1.29 bits per heavy atom. The second-order valence-corrected chi connectivity index (χ2v) is 4.12. The van der Waals surface area contributed by atoms with Crippen molar-refractivity contribution in [2.75, 3.05) is 19.5 Å². The first-order chi connectivity index (χ1) is 8.15. The molecule has 94 valence electrons. The molecule has 1 aromatic rings. The number of hydrogen-bond donors (Lipinski definition) is 1. The van der Waals surface area contributed by atoms with E-state index >= 15 is 0 Å². The molecular formula is C9H13N3O4S. The molecule has 0 bridgehead atoms. The van der Waals surface area contributed by atoms with Crippen LogP contribution in [0.4, 0.5) is 5.13 Å². The third-order valence-corrected chi connectivity index (χ3v) is 2.58. The zero-order valence-electron chi connectivity index (χ0n) is 9.56. The standard InChI is InChI=1S/C9H13N3O4S/c1-15-5-7-11-12-9(17-7)10-6(13)3-4-8(14)16-2/h3-5H2,1-2H3,(H,10,12,13). The molecule has 17 heavy (non-hydrogen) atoms. The zero-order valence-corrected chi connectivity index (χ0v) is 10.4. The number of esters is 1. The fourth-order valence-electron chi connectivity index (χ4n) is 0.985. The Hall–Kier alpha value is -1.54. The van der Waals surface area contributed by atoms with Gasteiger partial charge in [0.1, 0.15) is 11.6 Å². The fourth-order valence-corrected chi connectivity index (χ4v) is 1.71. The molecule has 8 heteroatoms. The molecule has 0 aromatic carbocycles. The number of nitrogens with one attached hydrogen (secondary N) is 1. The van der Waals surface area contributed by atoms with Crippen LogP contribution >= 0.6 is 11.3 Å². The highest BCUT2D eigenvalue weighted by Gasteiger charge is 2.10. The van der Waals surface area contributed by atoms with E-state index in [-0.39, 0.29) is 18.7 Å². The highest BCUT2D eigenvalue weighted by Crippen LogP contribution is 2.15. The van der Waals surface area contributed by atoms with Crippen LogP contribution in [0.2, 0.25) is 0 Å². The third kappa shape index (κ3) is 4.87. The number of amides is 1. The molecule has 0 aliphatic rings. The summed E-state index contributed by atoms with van der Waals surface area (Å²) in [5.74, 6) is -0.715. The summed E-state index contributed by atoms with van der Waals surface area (Å²) in [6, 6.07) is 0. The van der Waals surface area contributed by atoms with Gasteiger partial charge in [0.25, 0.3) is 0 Å². The van der Waals surface area contributed by atoms with Crippen molar-refractivity contribution in [3.05, 3.63) is 5.01 Å². The van der Waals surface area contributed by atoms with Gasteiger partial charge in [-0.05, 0) is 0 Å². The summed E-state index contributed by atoms with van der Waals surface area (Å²) in [4.78, 5) is 22.2. The van der Waals surface area contributed by atoms with Gasteiger partial charge in [0.15, 0.2) is 0 Å². The molecular weight excluding hydrogens is 246 g/mol. The highest BCUT2D eigenvalue weighted by atomic mass is 32.1. The van der Waals surface area contributed by atoms with Crippen molar-refractivity contribution in [2.24, 2.45) is 0 Å². The maximum atomic E-state index is 11.4. The van der Waals surface area contributed by atoms with Crippen molar-refractivity contribution in [3.63, 3.8) is 0 Å². The molecule has 0 saturated heterocycles. The number of hydrogen-bond acceptors (Lipinski definition) is 7. The van der Waals surface area contributed by atoms with Crippen LogP contribution in [0.1, 0.15) is 17.8 Å². The second-order valence-electron chi connectivity index (χ2n) is 3.06. The summed E-state index contributed by atoms with van der Waals surface area (Å²) in [6.07, 6.45) is 0.109. The fraction of sp³-hybridized carbons (Fsp3) is 0.556. The van der Waals surface area contributed by atoms with Crippen LogP contribution in [0.3, 0.4) is 0 Å². The van der Waals surface area contributed by atoms with Crippen molar-refractivity contribution in [3.8, 4) is 0 Å². The van der Waals surface area contributed by atoms with Crippen molar-refractivity contribution in [2.45, 2.75) is 19.4 Å². The van der Waals surface area contributed by atoms with E-state index in [1.165, 1.54) is 18.4 Å². The van der Waals surface area contributed by atoms with E-state index in [1.807, 2.05) is 0 Å². The Labute approximate surface area is 102 Å². The molecule has 0 spiro atoms. The van der Waals surface area contributed by atoms with Crippen LogP contribution in [0.15, 0.2) is 0 Å². The van der Waals surface area contributed by atoms with Crippen LogP contribution in [0.5, 0.6) is 0 Å². The van der Waals surface area contributed by atoms with Crippen LogP contribution in [0, 0.1) is 0 Å². The summed E-state index contributed by atoms with van der Waals surface area (Å²) in [5.41, 5.74) is 0. The van der Waals surface area contributed by atoms with E-state index in [2.05, 4.69) is 20.3 Å². The summed E-state index contributed by atoms with van der Waals surface area (Å²) in [5, 5.41) is 11.2. The molecule has 0 saturated carbocycles. The molecule has 0 aliphatic heterocycles. The van der Waals surface area contributed by atoms with Gasteiger partial charge in [-0.2, -0.15) is 0 Å². The summed E-state index contributed by atoms with van der Waals surface area (Å²) < 4.78 is 9.30. The van der Waals surface area contributed by atoms with Gasteiger partial charge in [-0.25, -0.2) is 0 Å². The molecule has 1 amide bonds. The number of carbonyl (C=O) groups excluding carboxylic acids is 2. The SMILES string of the molecule is COCc1nnc(NC(=O)CCC(=O)OC)s1. The first-order valence-electron chi connectivity index (χ1n) is 4.83. The number of aromatic nitrogens is 2. The van der Waals surface area contributed by atoms with Crippen molar-refractivity contribution in [1.29, 1.82) is 0 Å². The number of anilines is 1. The van der Waals surface area contributed by atoms with E-state index in [9.17, 15) is 9.59 Å². The van der Waals surface area contributed by atoms with Crippen LogP contribution in [-0.4, -0.2) is 36.3 Å². The van der Waals surface area contributed by atoms with Crippen molar-refractivity contribution in [1.82, 2.24) is 10.2 Å². The lowest BCUT2D eigenvalue weighted by Gasteiger charge is -1.99. The molecule has 1 aromatic heterocycles.